The van der Waals surface area contributed by atoms with E-state index in [2.05, 4.69) is 0 Å². The monoisotopic (exact) mass is 216 g/mol. The van der Waals surface area contributed by atoms with Crippen molar-refractivity contribution in [1.82, 2.24) is 0 Å². The molecule has 0 aromatic heterocycles. The molecule has 0 aliphatic carbocycles. The summed E-state index contributed by atoms with van der Waals surface area (Å²) in [6.07, 6.45) is 1.61. The van der Waals surface area contributed by atoms with E-state index in [-0.39, 0.29) is 10.8 Å². The summed E-state index contributed by atoms with van der Waals surface area (Å²) in [4.78, 5) is 0. The molecule has 78 valence electrons. The molecule has 0 N–H and O–H groups in total. The molecule has 1 aromatic carbocycles. The largest absolute Gasteiger partial charge is 0.492 e. The molecule has 0 bridgehead atoms. The molecule has 0 radical (unpaired) electrons. The molecule has 0 heterocycles. The molecular weight excluding hydrogens is 203 g/mol. The molecule has 0 aliphatic heterocycles. The normalized spacial score (nSPS) is 10.3. The van der Waals surface area contributed by atoms with E-state index in [4.69, 9.17) is 16.3 Å². The molecule has 0 fully saturated rings. The van der Waals surface area contributed by atoms with Crippen LogP contribution in [0.1, 0.15) is 25.8 Å². The van der Waals surface area contributed by atoms with Gasteiger partial charge in [-0.25, -0.2) is 4.39 Å². The van der Waals surface area contributed by atoms with E-state index < -0.39 is 0 Å². The topological polar surface area (TPSA) is 9.23 Å². The highest BCUT2D eigenvalue weighted by Gasteiger charge is 2.11. The lowest BCUT2D eigenvalue weighted by molar-refractivity contribution is 0.338. The van der Waals surface area contributed by atoms with Gasteiger partial charge in [0.15, 0.2) is 0 Å². The van der Waals surface area contributed by atoms with Crippen molar-refractivity contribution in [1.29, 1.82) is 0 Å². The summed E-state index contributed by atoms with van der Waals surface area (Å²) in [5, 5.41) is 0.0952. The summed E-state index contributed by atoms with van der Waals surface area (Å²) >= 11 is 5.81. The van der Waals surface area contributed by atoms with Crippen molar-refractivity contribution in [3.8, 4) is 5.75 Å². The van der Waals surface area contributed by atoms with Crippen LogP contribution in [0.5, 0.6) is 5.75 Å². The number of aryl methyl sites for hydroxylation is 1. The summed E-state index contributed by atoms with van der Waals surface area (Å²) < 4.78 is 18.7. The second-order valence-electron chi connectivity index (χ2n) is 3.03. The predicted molar refractivity (Wildman–Crippen MR) is 56.6 cm³/mol. The quantitative estimate of drug-likeness (QED) is 0.743. The first-order valence-electron chi connectivity index (χ1n) is 4.80. The van der Waals surface area contributed by atoms with Crippen molar-refractivity contribution in [2.75, 3.05) is 6.61 Å². The SMILES string of the molecule is CCCc1ccc(OCC)c(Cl)c1F. The Kier molecular flexibility index (Phi) is 4.21. The minimum atomic E-state index is -0.348. The molecule has 0 aliphatic rings. The highest BCUT2D eigenvalue weighted by molar-refractivity contribution is 6.32. The minimum Gasteiger partial charge on any atom is -0.492 e. The van der Waals surface area contributed by atoms with E-state index in [1.165, 1.54) is 0 Å². The van der Waals surface area contributed by atoms with Gasteiger partial charge in [0.1, 0.15) is 16.6 Å². The maximum Gasteiger partial charge on any atom is 0.148 e. The van der Waals surface area contributed by atoms with Gasteiger partial charge < -0.3 is 4.74 Å². The van der Waals surface area contributed by atoms with Crippen molar-refractivity contribution in [3.05, 3.63) is 28.5 Å². The van der Waals surface area contributed by atoms with Crippen LogP contribution in [0, 0.1) is 5.82 Å². The van der Waals surface area contributed by atoms with Crippen LogP contribution in [-0.4, -0.2) is 6.61 Å². The van der Waals surface area contributed by atoms with E-state index >= 15 is 0 Å². The Morgan fingerprint density at radius 2 is 2.07 bits per heavy atom. The van der Waals surface area contributed by atoms with Gasteiger partial charge in [0.2, 0.25) is 0 Å². The summed E-state index contributed by atoms with van der Waals surface area (Å²) in [5.74, 6) is 0.0750. The smallest absolute Gasteiger partial charge is 0.148 e. The number of ether oxygens (including phenoxy) is 1. The average Bonchev–Trinajstić information content (AvgIpc) is 2.18. The van der Waals surface area contributed by atoms with E-state index in [0.29, 0.717) is 24.3 Å². The number of halogens is 2. The molecule has 3 heteroatoms. The summed E-state index contributed by atoms with van der Waals surface area (Å²) in [6.45, 7) is 4.34. The Bertz CT molecular complexity index is 281. The lowest BCUT2D eigenvalue weighted by Gasteiger charge is -2.08. The Morgan fingerprint density at radius 1 is 1.36 bits per heavy atom. The van der Waals surface area contributed by atoms with Gasteiger partial charge in [-0.15, -0.1) is 0 Å². The maximum absolute atomic E-state index is 13.6. The Labute approximate surface area is 88.8 Å². The van der Waals surface area contributed by atoms with Crippen LogP contribution in [0.15, 0.2) is 12.1 Å². The standard InChI is InChI=1S/C11H14ClFO/c1-3-5-8-6-7-9(14-4-2)10(12)11(8)13/h6-7H,3-5H2,1-2H3. The number of hydrogen-bond acceptors (Lipinski definition) is 1. The zero-order valence-corrected chi connectivity index (χ0v) is 9.20. The number of rotatable bonds is 4. The third-order valence-corrected chi connectivity index (χ3v) is 2.30. The van der Waals surface area contributed by atoms with Gasteiger partial charge >= 0.3 is 0 Å². The minimum absolute atomic E-state index is 0.0952. The van der Waals surface area contributed by atoms with Gasteiger partial charge in [-0.2, -0.15) is 0 Å². The molecule has 0 saturated heterocycles. The first kappa shape index (κ1) is 11.3. The van der Waals surface area contributed by atoms with Crippen molar-refractivity contribution in [2.45, 2.75) is 26.7 Å². The van der Waals surface area contributed by atoms with Crippen LogP contribution >= 0.6 is 11.6 Å². The second kappa shape index (κ2) is 5.20. The Balaban J connectivity index is 2.99. The molecular formula is C11H14ClFO. The first-order chi connectivity index (χ1) is 6.70. The van der Waals surface area contributed by atoms with Crippen LogP contribution in [0.25, 0.3) is 0 Å². The molecule has 0 spiro atoms. The highest BCUT2D eigenvalue weighted by atomic mass is 35.5. The fourth-order valence-electron chi connectivity index (χ4n) is 1.30. The predicted octanol–water partition coefficient (Wildman–Crippen LogP) is 3.83. The lowest BCUT2D eigenvalue weighted by Crippen LogP contribution is -1.97. The van der Waals surface area contributed by atoms with E-state index in [9.17, 15) is 4.39 Å². The summed E-state index contributed by atoms with van der Waals surface area (Å²) in [7, 11) is 0. The zero-order valence-electron chi connectivity index (χ0n) is 8.44. The Hall–Kier alpha value is -0.760. The zero-order chi connectivity index (χ0) is 10.6. The van der Waals surface area contributed by atoms with Crippen molar-refractivity contribution in [3.63, 3.8) is 0 Å². The van der Waals surface area contributed by atoms with Crippen molar-refractivity contribution >= 4 is 11.6 Å². The average molecular weight is 217 g/mol. The summed E-state index contributed by atoms with van der Waals surface area (Å²) in [5.41, 5.74) is 0.654. The Morgan fingerprint density at radius 3 is 2.64 bits per heavy atom. The molecule has 0 amide bonds. The maximum atomic E-state index is 13.6. The van der Waals surface area contributed by atoms with Gasteiger partial charge in [-0.3, -0.25) is 0 Å². The number of hydrogen-bond donors (Lipinski definition) is 0. The highest BCUT2D eigenvalue weighted by Crippen LogP contribution is 2.29. The first-order valence-corrected chi connectivity index (χ1v) is 5.18. The van der Waals surface area contributed by atoms with Gasteiger partial charge in [0, 0.05) is 0 Å². The van der Waals surface area contributed by atoms with Crippen LogP contribution in [0.2, 0.25) is 5.02 Å². The van der Waals surface area contributed by atoms with Gasteiger partial charge in [-0.1, -0.05) is 31.0 Å². The molecule has 14 heavy (non-hydrogen) atoms. The molecule has 0 atom stereocenters. The molecule has 0 saturated carbocycles. The molecule has 1 nitrogen and oxygen atoms in total. The van der Waals surface area contributed by atoms with Gasteiger partial charge in [-0.05, 0) is 25.0 Å². The van der Waals surface area contributed by atoms with Crippen LogP contribution < -0.4 is 4.74 Å². The third kappa shape index (κ3) is 2.38. The van der Waals surface area contributed by atoms with Gasteiger partial charge in [0.05, 0.1) is 6.61 Å². The summed E-state index contributed by atoms with van der Waals surface area (Å²) in [6, 6.07) is 3.45. The van der Waals surface area contributed by atoms with E-state index in [1.54, 1.807) is 12.1 Å². The van der Waals surface area contributed by atoms with Crippen molar-refractivity contribution in [2.24, 2.45) is 0 Å². The van der Waals surface area contributed by atoms with Crippen LogP contribution in [0.4, 0.5) is 4.39 Å². The van der Waals surface area contributed by atoms with Crippen molar-refractivity contribution < 1.29 is 9.13 Å². The van der Waals surface area contributed by atoms with Crippen LogP contribution in [0.3, 0.4) is 0 Å². The van der Waals surface area contributed by atoms with E-state index in [0.717, 1.165) is 6.42 Å². The second-order valence-corrected chi connectivity index (χ2v) is 3.41. The molecule has 0 unspecified atom stereocenters. The fourth-order valence-corrected chi connectivity index (χ4v) is 1.54. The van der Waals surface area contributed by atoms with Crippen LogP contribution in [-0.2, 0) is 6.42 Å². The van der Waals surface area contributed by atoms with E-state index in [1.807, 2.05) is 13.8 Å². The lowest BCUT2D eigenvalue weighted by atomic mass is 10.1. The van der Waals surface area contributed by atoms with Gasteiger partial charge in [0.25, 0.3) is 0 Å². The molecule has 1 aromatic rings. The third-order valence-electron chi connectivity index (χ3n) is 1.95. The fraction of sp³-hybridized carbons (Fsp3) is 0.455. The number of benzene rings is 1. The molecule has 1 rings (SSSR count).